The smallest absolute Gasteiger partial charge is 0.257 e. The van der Waals surface area contributed by atoms with Gasteiger partial charge in [0.25, 0.3) is 5.91 Å². The molecule has 7 heteroatoms. The average Bonchev–Trinajstić information content (AvgIpc) is 3.47. The quantitative estimate of drug-likeness (QED) is 0.617. The fraction of sp³-hybridized carbons (Fsp3) is 0.238. The van der Waals surface area contributed by atoms with Crippen molar-refractivity contribution >= 4 is 34.6 Å². The van der Waals surface area contributed by atoms with E-state index in [0.717, 1.165) is 17.0 Å². The molecule has 1 amide bonds. The largest absolute Gasteiger partial charge is 0.467 e. The fourth-order valence-corrected chi connectivity index (χ4v) is 4.10. The summed E-state index contributed by atoms with van der Waals surface area (Å²) in [4.78, 5) is 14.1. The van der Waals surface area contributed by atoms with E-state index < -0.39 is 0 Å². The van der Waals surface area contributed by atoms with Gasteiger partial charge in [-0.15, -0.1) is 11.3 Å². The number of hydrogen-bond donors (Lipinski definition) is 1. The molecule has 1 aliphatic rings. The Balaban J connectivity index is 1.52. The summed E-state index contributed by atoms with van der Waals surface area (Å²) in [6.45, 7) is 2.25. The number of furan rings is 1. The van der Waals surface area contributed by atoms with Crippen LogP contribution in [0.5, 0.6) is 0 Å². The summed E-state index contributed by atoms with van der Waals surface area (Å²) in [7, 11) is 0. The normalized spacial score (nSPS) is 17.6. The lowest BCUT2D eigenvalue weighted by Gasteiger charge is -2.21. The number of carbonyl (C=O) groups excluding carboxylic acids is 1. The zero-order valence-corrected chi connectivity index (χ0v) is 16.9. The summed E-state index contributed by atoms with van der Waals surface area (Å²) < 4.78 is 5.58. The van der Waals surface area contributed by atoms with E-state index in [1.807, 2.05) is 47.8 Å². The van der Waals surface area contributed by atoms with Crippen molar-refractivity contribution in [2.24, 2.45) is 5.10 Å². The number of carbonyl (C=O) groups is 1. The number of nitrogens with zero attached hydrogens (tertiary/aromatic N) is 2. The van der Waals surface area contributed by atoms with Crippen LogP contribution in [0.4, 0.5) is 0 Å². The van der Waals surface area contributed by atoms with Gasteiger partial charge >= 0.3 is 0 Å². The van der Waals surface area contributed by atoms with E-state index in [9.17, 15) is 4.79 Å². The molecule has 0 saturated heterocycles. The first-order valence-electron chi connectivity index (χ1n) is 9.07. The van der Waals surface area contributed by atoms with Crippen molar-refractivity contribution in [3.8, 4) is 0 Å². The Morgan fingerprint density at radius 2 is 2.14 bits per heavy atom. The third-order valence-corrected chi connectivity index (χ3v) is 6.05. The van der Waals surface area contributed by atoms with Crippen molar-refractivity contribution in [2.75, 3.05) is 6.54 Å². The minimum absolute atomic E-state index is 0.0891. The Labute approximate surface area is 172 Å². The third-order valence-electron chi connectivity index (χ3n) is 4.74. The highest BCUT2D eigenvalue weighted by atomic mass is 35.5. The Hall–Kier alpha value is -2.41. The van der Waals surface area contributed by atoms with Gasteiger partial charge in [-0.2, -0.15) is 5.10 Å². The van der Waals surface area contributed by atoms with Gasteiger partial charge in [-0.25, -0.2) is 5.01 Å². The van der Waals surface area contributed by atoms with Crippen LogP contribution in [0.1, 0.15) is 41.6 Å². The number of hydrazone groups is 1. The molecule has 5 nitrogen and oxygen atoms in total. The van der Waals surface area contributed by atoms with Crippen LogP contribution in [0.15, 0.2) is 69.7 Å². The van der Waals surface area contributed by atoms with E-state index in [2.05, 4.69) is 23.4 Å². The van der Waals surface area contributed by atoms with Crippen LogP contribution in [-0.4, -0.2) is 23.2 Å². The first-order chi connectivity index (χ1) is 13.6. The van der Waals surface area contributed by atoms with Gasteiger partial charge in [0.15, 0.2) is 0 Å². The molecule has 3 aromatic rings. The molecule has 0 unspecified atom stereocenters. The highest BCUT2D eigenvalue weighted by Crippen LogP contribution is 2.33. The second-order valence-corrected chi connectivity index (χ2v) is 8.06. The van der Waals surface area contributed by atoms with Crippen molar-refractivity contribution in [1.29, 1.82) is 0 Å². The maximum absolute atomic E-state index is 13.0. The Morgan fingerprint density at radius 3 is 2.82 bits per heavy atom. The predicted molar refractivity (Wildman–Crippen MR) is 112 cm³/mol. The molecule has 28 heavy (non-hydrogen) atoms. The lowest BCUT2D eigenvalue weighted by Crippen LogP contribution is -2.36. The second-order valence-electron chi connectivity index (χ2n) is 6.65. The fourth-order valence-electron chi connectivity index (χ4n) is 3.22. The predicted octanol–water partition coefficient (Wildman–Crippen LogP) is 5.02. The molecule has 1 aliphatic heterocycles. The van der Waals surface area contributed by atoms with Crippen LogP contribution >= 0.6 is 22.9 Å². The number of halogens is 1. The Bertz CT molecular complexity index is 952. The highest BCUT2D eigenvalue weighted by molar-refractivity contribution is 7.10. The third kappa shape index (κ3) is 4.04. The first kappa shape index (κ1) is 18.9. The number of benzene rings is 1. The maximum atomic E-state index is 13.0. The maximum Gasteiger partial charge on any atom is 0.257 e. The zero-order chi connectivity index (χ0) is 19.5. The van der Waals surface area contributed by atoms with Crippen LogP contribution in [0, 0.1) is 0 Å². The SMILES string of the molecule is C[C@H](NCC(=O)N1N=C(c2ccc(Cl)cc2)C[C@H]1c1ccco1)c1cccs1. The lowest BCUT2D eigenvalue weighted by atomic mass is 10.0. The number of nitrogens with one attached hydrogen (secondary N) is 1. The summed E-state index contributed by atoms with van der Waals surface area (Å²) in [6.07, 6.45) is 2.22. The van der Waals surface area contributed by atoms with Gasteiger partial charge in [-0.1, -0.05) is 29.8 Å². The summed E-state index contributed by atoms with van der Waals surface area (Å²) in [6, 6.07) is 15.1. The van der Waals surface area contributed by atoms with Crippen molar-refractivity contribution in [1.82, 2.24) is 10.3 Å². The van der Waals surface area contributed by atoms with E-state index >= 15 is 0 Å². The van der Waals surface area contributed by atoms with Crippen LogP contribution in [-0.2, 0) is 4.79 Å². The van der Waals surface area contributed by atoms with Crippen LogP contribution < -0.4 is 5.32 Å². The van der Waals surface area contributed by atoms with Gasteiger partial charge in [-0.3, -0.25) is 4.79 Å². The molecule has 0 fully saturated rings. The number of rotatable bonds is 6. The molecular formula is C21H20ClN3O2S. The lowest BCUT2D eigenvalue weighted by molar-refractivity contribution is -0.132. The van der Waals surface area contributed by atoms with Gasteiger partial charge in [0.1, 0.15) is 11.8 Å². The molecule has 1 N–H and O–H groups in total. The summed E-state index contributed by atoms with van der Waals surface area (Å²) in [5.74, 6) is 0.640. The molecular weight excluding hydrogens is 394 g/mol. The van der Waals surface area contributed by atoms with E-state index in [-0.39, 0.29) is 24.5 Å². The number of thiophene rings is 1. The molecule has 2 aromatic heterocycles. The summed E-state index contributed by atoms with van der Waals surface area (Å²) in [5, 5.41) is 12.2. The molecule has 1 aromatic carbocycles. The van der Waals surface area contributed by atoms with Crippen LogP contribution in [0.2, 0.25) is 5.02 Å². The van der Waals surface area contributed by atoms with Crippen LogP contribution in [0.3, 0.4) is 0 Å². The molecule has 0 spiro atoms. The van der Waals surface area contributed by atoms with Crippen LogP contribution in [0.25, 0.3) is 0 Å². The molecule has 0 bridgehead atoms. The molecule has 144 valence electrons. The summed E-state index contributed by atoms with van der Waals surface area (Å²) >= 11 is 7.67. The minimum atomic E-state index is -0.243. The summed E-state index contributed by atoms with van der Waals surface area (Å²) in [5.41, 5.74) is 1.80. The number of amides is 1. The van der Waals surface area contributed by atoms with E-state index in [4.69, 9.17) is 16.0 Å². The molecule has 4 rings (SSSR count). The number of hydrogen-bond acceptors (Lipinski definition) is 5. The molecule has 3 heterocycles. The second kappa shape index (κ2) is 8.31. The van der Waals surface area contributed by atoms with E-state index in [1.54, 1.807) is 17.6 Å². The van der Waals surface area contributed by atoms with E-state index in [0.29, 0.717) is 11.4 Å². The van der Waals surface area contributed by atoms with Gasteiger partial charge in [0.05, 0.1) is 18.5 Å². The van der Waals surface area contributed by atoms with E-state index in [1.165, 1.54) is 9.89 Å². The van der Waals surface area contributed by atoms with Crippen molar-refractivity contribution < 1.29 is 9.21 Å². The first-order valence-corrected chi connectivity index (χ1v) is 10.3. The standard InChI is InChI=1S/C21H20ClN3O2S/c1-14(20-5-3-11-28-20)23-13-21(26)25-18(19-4-2-10-27-19)12-17(24-25)15-6-8-16(22)9-7-15/h2-11,14,18,23H,12-13H2,1H3/t14-,18-/m0/s1. The minimum Gasteiger partial charge on any atom is -0.467 e. The van der Waals surface area contributed by atoms with Crippen molar-refractivity contribution in [2.45, 2.75) is 25.4 Å². The Kier molecular flexibility index (Phi) is 5.62. The van der Waals surface area contributed by atoms with Gasteiger partial charge in [0.2, 0.25) is 0 Å². The van der Waals surface area contributed by atoms with Gasteiger partial charge in [-0.05, 0) is 48.2 Å². The zero-order valence-electron chi connectivity index (χ0n) is 15.3. The molecule has 0 aliphatic carbocycles. The van der Waals surface area contributed by atoms with Crippen molar-refractivity contribution in [3.63, 3.8) is 0 Å². The van der Waals surface area contributed by atoms with Gasteiger partial charge in [0, 0.05) is 22.4 Å². The highest BCUT2D eigenvalue weighted by Gasteiger charge is 2.34. The monoisotopic (exact) mass is 413 g/mol. The Morgan fingerprint density at radius 1 is 1.32 bits per heavy atom. The van der Waals surface area contributed by atoms with Crippen molar-refractivity contribution in [3.05, 3.63) is 81.4 Å². The van der Waals surface area contributed by atoms with Gasteiger partial charge < -0.3 is 9.73 Å². The average molecular weight is 414 g/mol. The molecule has 0 radical (unpaired) electrons. The molecule has 0 saturated carbocycles. The topological polar surface area (TPSA) is 57.8 Å². The molecule has 2 atom stereocenters.